The van der Waals surface area contributed by atoms with Crippen LogP contribution in [0.2, 0.25) is 0 Å². The summed E-state index contributed by atoms with van der Waals surface area (Å²) in [4.78, 5) is 16.2. The van der Waals surface area contributed by atoms with E-state index in [1.54, 1.807) is 11.9 Å². The Labute approximate surface area is 169 Å². The van der Waals surface area contributed by atoms with Gasteiger partial charge in [-0.15, -0.1) is 0 Å². The zero-order valence-electron chi connectivity index (χ0n) is 18.0. The molecule has 2 rings (SSSR count). The van der Waals surface area contributed by atoms with Crippen LogP contribution in [0.15, 0.2) is 24.3 Å². The first-order chi connectivity index (χ1) is 13.2. The van der Waals surface area contributed by atoms with Gasteiger partial charge in [-0.1, -0.05) is 12.1 Å². The highest BCUT2D eigenvalue weighted by Crippen LogP contribution is 2.23. The third kappa shape index (κ3) is 7.32. The second-order valence-corrected chi connectivity index (χ2v) is 8.81. The predicted octanol–water partition coefficient (Wildman–Crippen LogP) is 3.53. The summed E-state index contributed by atoms with van der Waals surface area (Å²) < 4.78 is 11.4. The van der Waals surface area contributed by atoms with Crippen molar-refractivity contribution in [2.24, 2.45) is 5.92 Å². The summed E-state index contributed by atoms with van der Waals surface area (Å²) in [5.41, 5.74) is 0.390. The first-order valence-corrected chi connectivity index (χ1v) is 10.2. The summed E-state index contributed by atoms with van der Waals surface area (Å²) in [6.07, 6.45) is 1.99. The zero-order valence-corrected chi connectivity index (χ0v) is 18.0. The predicted molar refractivity (Wildman–Crippen MR) is 110 cm³/mol. The molecule has 6 nitrogen and oxygen atoms in total. The van der Waals surface area contributed by atoms with E-state index in [9.17, 15) is 9.90 Å². The molecule has 1 aliphatic heterocycles. The van der Waals surface area contributed by atoms with Crippen molar-refractivity contribution in [1.29, 1.82) is 0 Å². The number of amides is 1. The molecule has 0 saturated carbocycles. The van der Waals surface area contributed by atoms with Crippen molar-refractivity contribution < 1.29 is 19.4 Å². The Morgan fingerprint density at radius 3 is 2.75 bits per heavy atom. The minimum absolute atomic E-state index is 0.0249. The summed E-state index contributed by atoms with van der Waals surface area (Å²) in [5.74, 6) is 1.27. The number of carbonyl (C=O) groups excluding carboxylic acids is 1. The highest BCUT2D eigenvalue weighted by Gasteiger charge is 2.27. The lowest BCUT2D eigenvalue weighted by atomic mass is 9.94. The van der Waals surface area contributed by atoms with Crippen molar-refractivity contribution in [3.8, 4) is 5.75 Å². The highest BCUT2D eigenvalue weighted by atomic mass is 16.6. The molecule has 2 atom stereocenters. The molecule has 158 valence electrons. The van der Waals surface area contributed by atoms with Gasteiger partial charge in [0.25, 0.3) is 0 Å². The standard InChI is InChI=1S/C22H36N2O4/c1-17-9-10-19(16-27-20-8-6-7-18(13-20)15-25)14-24(17)12-11-23(5)21(26)28-22(2,3)4/h6-8,13,17,19,25H,9-12,14-16H2,1-5H3/t17-,19-/m0/s1. The molecule has 28 heavy (non-hydrogen) atoms. The Morgan fingerprint density at radius 1 is 1.32 bits per heavy atom. The van der Waals surface area contributed by atoms with Gasteiger partial charge in [-0.25, -0.2) is 4.79 Å². The maximum atomic E-state index is 12.1. The lowest BCUT2D eigenvalue weighted by molar-refractivity contribution is 0.0246. The molecule has 1 aromatic rings. The van der Waals surface area contributed by atoms with E-state index in [2.05, 4.69) is 11.8 Å². The molecule has 1 aliphatic rings. The molecule has 0 bridgehead atoms. The number of nitrogens with zero attached hydrogens (tertiary/aromatic N) is 2. The molecule has 1 heterocycles. The molecule has 0 spiro atoms. The van der Waals surface area contributed by atoms with E-state index >= 15 is 0 Å². The smallest absolute Gasteiger partial charge is 0.410 e. The number of rotatable bonds is 7. The van der Waals surface area contributed by atoms with Crippen LogP contribution in [-0.2, 0) is 11.3 Å². The lowest BCUT2D eigenvalue weighted by Gasteiger charge is -2.38. The first-order valence-electron chi connectivity index (χ1n) is 10.2. The molecule has 1 amide bonds. The van der Waals surface area contributed by atoms with Crippen molar-refractivity contribution >= 4 is 6.09 Å². The third-order valence-electron chi connectivity index (χ3n) is 5.10. The average Bonchev–Trinajstić information content (AvgIpc) is 2.64. The Bertz CT molecular complexity index is 629. The molecule has 1 fully saturated rings. The van der Waals surface area contributed by atoms with Crippen molar-refractivity contribution in [3.63, 3.8) is 0 Å². The quantitative estimate of drug-likeness (QED) is 0.769. The molecule has 0 radical (unpaired) electrons. The topological polar surface area (TPSA) is 62.2 Å². The second-order valence-electron chi connectivity index (χ2n) is 8.81. The molecule has 0 aliphatic carbocycles. The van der Waals surface area contributed by atoms with Crippen LogP contribution in [0, 0.1) is 5.92 Å². The highest BCUT2D eigenvalue weighted by molar-refractivity contribution is 5.67. The molecule has 6 heteroatoms. The fourth-order valence-electron chi connectivity index (χ4n) is 3.37. The molecule has 1 saturated heterocycles. The van der Waals surface area contributed by atoms with Gasteiger partial charge in [0.1, 0.15) is 11.4 Å². The fraction of sp³-hybridized carbons (Fsp3) is 0.682. The largest absolute Gasteiger partial charge is 0.493 e. The maximum absolute atomic E-state index is 12.1. The monoisotopic (exact) mass is 392 g/mol. The van der Waals surface area contributed by atoms with Crippen LogP contribution < -0.4 is 4.74 Å². The Hall–Kier alpha value is -1.79. The van der Waals surface area contributed by atoms with Gasteiger partial charge < -0.3 is 19.5 Å². The van der Waals surface area contributed by atoms with E-state index in [1.165, 1.54) is 0 Å². The van der Waals surface area contributed by atoms with Crippen molar-refractivity contribution in [1.82, 2.24) is 9.80 Å². The average molecular weight is 393 g/mol. The van der Waals surface area contributed by atoms with Crippen LogP contribution in [0.5, 0.6) is 5.75 Å². The number of ether oxygens (including phenoxy) is 2. The summed E-state index contributed by atoms with van der Waals surface area (Å²) >= 11 is 0. The number of likely N-dealkylation sites (tertiary alicyclic amines) is 1. The Morgan fingerprint density at radius 2 is 2.07 bits per heavy atom. The summed E-state index contributed by atoms with van der Waals surface area (Å²) in [7, 11) is 1.79. The van der Waals surface area contributed by atoms with Gasteiger partial charge in [-0.2, -0.15) is 0 Å². The number of carbonyl (C=O) groups is 1. The number of piperidine rings is 1. The van der Waals surface area contributed by atoms with Gasteiger partial charge in [0.05, 0.1) is 13.2 Å². The van der Waals surface area contributed by atoms with Crippen molar-refractivity contribution in [2.75, 3.05) is 33.3 Å². The number of aliphatic hydroxyl groups is 1. The molecular formula is C22H36N2O4. The number of likely N-dealkylation sites (N-methyl/N-ethyl adjacent to an activating group) is 1. The Balaban J connectivity index is 1.80. The van der Waals surface area contributed by atoms with E-state index < -0.39 is 5.60 Å². The lowest BCUT2D eigenvalue weighted by Crippen LogP contribution is -2.47. The normalized spacial score (nSPS) is 20.6. The molecule has 0 aromatic heterocycles. The Kier molecular flexibility index (Phi) is 8.13. The molecule has 0 unspecified atom stereocenters. The number of hydrogen-bond acceptors (Lipinski definition) is 5. The van der Waals surface area contributed by atoms with Crippen LogP contribution in [-0.4, -0.2) is 65.9 Å². The van der Waals surface area contributed by atoms with Gasteiger partial charge >= 0.3 is 6.09 Å². The van der Waals surface area contributed by atoms with Gasteiger partial charge in [0, 0.05) is 38.6 Å². The van der Waals surface area contributed by atoms with Gasteiger partial charge in [-0.05, 0) is 58.2 Å². The van der Waals surface area contributed by atoms with Crippen LogP contribution in [0.4, 0.5) is 4.79 Å². The molecular weight excluding hydrogens is 356 g/mol. The van der Waals surface area contributed by atoms with Gasteiger partial charge in [0.15, 0.2) is 0 Å². The fourth-order valence-corrected chi connectivity index (χ4v) is 3.37. The van der Waals surface area contributed by atoms with Crippen LogP contribution in [0.1, 0.15) is 46.1 Å². The van der Waals surface area contributed by atoms with E-state index in [0.717, 1.165) is 37.2 Å². The zero-order chi connectivity index (χ0) is 20.7. The van der Waals surface area contributed by atoms with E-state index in [0.29, 0.717) is 25.1 Å². The number of hydrogen-bond donors (Lipinski definition) is 1. The van der Waals surface area contributed by atoms with E-state index in [1.807, 2.05) is 45.0 Å². The van der Waals surface area contributed by atoms with Gasteiger partial charge in [-0.3, -0.25) is 4.90 Å². The SMILES string of the molecule is C[C@H]1CC[C@H](COc2cccc(CO)c2)CN1CCN(C)C(=O)OC(C)(C)C. The minimum Gasteiger partial charge on any atom is -0.493 e. The van der Waals surface area contributed by atoms with Crippen LogP contribution >= 0.6 is 0 Å². The van der Waals surface area contributed by atoms with Gasteiger partial charge in [0.2, 0.25) is 0 Å². The second kappa shape index (κ2) is 10.1. The maximum Gasteiger partial charge on any atom is 0.410 e. The minimum atomic E-state index is -0.473. The summed E-state index contributed by atoms with van der Waals surface area (Å²) in [6, 6.07) is 8.11. The number of aliphatic hydroxyl groups excluding tert-OH is 1. The van der Waals surface area contributed by atoms with Crippen molar-refractivity contribution in [2.45, 2.75) is 58.8 Å². The summed E-state index contributed by atoms with van der Waals surface area (Å²) in [5, 5.41) is 9.25. The first kappa shape index (κ1) is 22.5. The van der Waals surface area contributed by atoms with Crippen molar-refractivity contribution in [3.05, 3.63) is 29.8 Å². The van der Waals surface area contributed by atoms with E-state index in [4.69, 9.17) is 9.47 Å². The third-order valence-corrected chi connectivity index (χ3v) is 5.10. The van der Waals surface area contributed by atoms with E-state index in [-0.39, 0.29) is 12.7 Å². The van der Waals surface area contributed by atoms with Crippen LogP contribution in [0.3, 0.4) is 0 Å². The van der Waals surface area contributed by atoms with Crippen LogP contribution in [0.25, 0.3) is 0 Å². The number of benzene rings is 1. The molecule has 1 aromatic carbocycles. The summed E-state index contributed by atoms with van der Waals surface area (Å²) in [6.45, 7) is 11.0. The molecule has 1 N–H and O–H groups in total.